The maximum Gasteiger partial charge on any atom is 0.142 e. The van der Waals surface area contributed by atoms with Gasteiger partial charge in [0.25, 0.3) is 0 Å². The molecule has 3 nitrogen and oxygen atoms in total. The molecule has 3 heteroatoms. The van der Waals surface area contributed by atoms with E-state index >= 15 is 0 Å². The average Bonchev–Trinajstić information content (AvgIpc) is 2.16. The van der Waals surface area contributed by atoms with Gasteiger partial charge in [-0.15, -0.1) is 0 Å². The molecule has 0 radical (unpaired) electrons. The van der Waals surface area contributed by atoms with Gasteiger partial charge in [0.15, 0.2) is 0 Å². The fraction of sp³-hybridized carbons (Fsp3) is 0.455. The second-order valence-electron chi connectivity index (χ2n) is 3.96. The Morgan fingerprint density at radius 3 is 3.00 bits per heavy atom. The zero-order chi connectivity index (χ0) is 9.97. The zero-order valence-corrected chi connectivity index (χ0v) is 8.20. The SMILES string of the molecule is CC1CC(Nc2ccnc(C#N)c2)C1. The van der Waals surface area contributed by atoms with E-state index in [4.69, 9.17) is 5.26 Å². The molecule has 0 unspecified atom stereocenters. The summed E-state index contributed by atoms with van der Waals surface area (Å²) in [6.07, 6.45) is 4.12. The van der Waals surface area contributed by atoms with Gasteiger partial charge in [0.2, 0.25) is 0 Å². The van der Waals surface area contributed by atoms with Crippen LogP contribution in [-0.4, -0.2) is 11.0 Å². The zero-order valence-electron chi connectivity index (χ0n) is 8.20. The first-order valence-corrected chi connectivity index (χ1v) is 4.90. The topological polar surface area (TPSA) is 48.7 Å². The predicted molar refractivity (Wildman–Crippen MR) is 54.8 cm³/mol. The Bertz CT molecular complexity index is 361. The molecular formula is C11H13N3. The quantitative estimate of drug-likeness (QED) is 0.771. The van der Waals surface area contributed by atoms with E-state index in [0.29, 0.717) is 11.7 Å². The molecule has 0 aromatic carbocycles. The van der Waals surface area contributed by atoms with Gasteiger partial charge in [0.05, 0.1) is 0 Å². The third kappa shape index (κ3) is 1.85. The monoisotopic (exact) mass is 187 g/mol. The summed E-state index contributed by atoms with van der Waals surface area (Å²) in [6.45, 7) is 2.26. The number of nitrogens with one attached hydrogen (secondary N) is 1. The van der Waals surface area contributed by atoms with E-state index in [1.165, 1.54) is 12.8 Å². The lowest BCUT2D eigenvalue weighted by Gasteiger charge is -2.34. The van der Waals surface area contributed by atoms with Crippen molar-refractivity contribution in [3.8, 4) is 6.07 Å². The Hall–Kier alpha value is -1.56. The third-order valence-corrected chi connectivity index (χ3v) is 2.62. The van der Waals surface area contributed by atoms with Gasteiger partial charge < -0.3 is 5.32 Å². The van der Waals surface area contributed by atoms with Crippen molar-refractivity contribution in [3.63, 3.8) is 0 Å². The van der Waals surface area contributed by atoms with Gasteiger partial charge in [-0.3, -0.25) is 0 Å². The van der Waals surface area contributed by atoms with E-state index in [0.717, 1.165) is 11.6 Å². The Balaban J connectivity index is 2.00. The van der Waals surface area contributed by atoms with Gasteiger partial charge in [-0.05, 0) is 30.9 Å². The minimum Gasteiger partial charge on any atom is -0.382 e. The molecule has 2 rings (SSSR count). The van der Waals surface area contributed by atoms with Crippen LogP contribution in [0.5, 0.6) is 0 Å². The highest BCUT2D eigenvalue weighted by Gasteiger charge is 2.24. The standard InChI is InChI=1S/C11H13N3/c1-8-4-10(5-8)14-9-2-3-13-11(6-9)7-12/h2-3,6,8,10H,4-5H2,1H3,(H,13,14). The fourth-order valence-corrected chi connectivity index (χ4v) is 1.84. The molecule has 1 aliphatic carbocycles. The largest absolute Gasteiger partial charge is 0.382 e. The van der Waals surface area contributed by atoms with Crippen LogP contribution in [0.3, 0.4) is 0 Å². The molecule has 1 aromatic rings. The molecule has 1 saturated carbocycles. The number of aromatic nitrogens is 1. The van der Waals surface area contributed by atoms with Gasteiger partial charge in [-0.1, -0.05) is 6.92 Å². The summed E-state index contributed by atoms with van der Waals surface area (Å²) in [5, 5.41) is 12.1. The number of hydrogen-bond acceptors (Lipinski definition) is 3. The van der Waals surface area contributed by atoms with Gasteiger partial charge >= 0.3 is 0 Å². The number of hydrogen-bond donors (Lipinski definition) is 1. The van der Waals surface area contributed by atoms with Crippen molar-refractivity contribution >= 4 is 5.69 Å². The highest BCUT2D eigenvalue weighted by atomic mass is 14.9. The molecule has 1 N–H and O–H groups in total. The van der Waals surface area contributed by atoms with E-state index in [2.05, 4.69) is 17.2 Å². The molecule has 0 saturated heterocycles. The number of rotatable bonds is 2. The molecule has 0 amide bonds. The molecule has 14 heavy (non-hydrogen) atoms. The van der Waals surface area contributed by atoms with Crippen LogP contribution < -0.4 is 5.32 Å². The van der Waals surface area contributed by atoms with Crippen molar-refractivity contribution in [1.82, 2.24) is 4.98 Å². The van der Waals surface area contributed by atoms with Crippen LogP contribution in [0.25, 0.3) is 0 Å². The highest BCUT2D eigenvalue weighted by Crippen LogP contribution is 2.29. The summed E-state index contributed by atoms with van der Waals surface area (Å²) in [5.41, 5.74) is 1.48. The van der Waals surface area contributed by atoms with Crippen LogP contribution in [0.4, 0.5) is 5.69 Å². The van der Waals surface area contributed by atoms with Crippen LogP contribution in [0, 0.1) is 17.2 Å². The van der Waals surface area contributed by atoms with Crippen molar-refractivity contribution in [2.24, 2.45) is 5.92 Å². The Morgan fingerprint density at radius 2 is 2.36 bits per heavy atom. The second kappa shape index (κ2) is 3.67. The van der Waals surface area contributed by atoms with Gasteiger partial charge in [0.1, 0.15) is 11.8 Å². The predicted octanol–water partition coefficient (Wildman–Crippen LogP) is 2.16. The van der Waals surface area contributed by atoms with Crippen LogP contribution in [0.15, 0.2) is 18.3 Å². The summed E-state index contributed by atoms with van der Waals surface area (Å²) < 4.78 is 0. The fourth-order valence-electron chi connectivity index (χ4n) is 1.84. The van der Waals surface area contributed by atoms with Crippen molar-refractivity contribution in [2.45, 2.75) is 25.8 Å². The number of nitrogens with zero attached hydrogens (tertiary/aromatic N) is 2. The van der Waals surface area contributed by atoms with Crippen LogP contribution in [0.1, 0.15) is 25.5 Å². The maximum atomic E-state index is 8.67. The molecule has 1 aliphatic rings. The van der Waals surface area contributed by atoms with E-state index < -0.39 is 0 Å². The molecule has 1 heterocycles. The van der Waals surface area contributed by atoms with Gasteiger partial charge in [0, 0.05) is 17.9 Å². The molecule has 0 bridgehead atoms. The van der Waals surface area contributed by atoms with Crippen LogP contribution in [-0.2, 0) is 0 Å². The molecule has 1 fully saturated rings. The van der Waals surface area contributed by atoms with E-state index in [-0.39, 0.29) is 0 Å². The van der Waals surface area contributed by atoms with Crippen molar-refractivity contribution < 1.29 is 0 Å². The summed E-state index contributed by atoms with van der Waals surface area (Å²) in [6, 6.07) is 6.32. The van der Waals surface area contributed by atoms with E-state index in [1.807, 2.05) is 12.1 Å². The smallest absolute Gasteiger partial charge is 0.142 e. The Labute approximate surface area is 83.8 Å². The summed E-state index contributed by atoms with van der Waals surface area (Å²) in [7, 11) is 0. The number of anilines is 1. The first-order valence-electron chi connectivity index (χ1n) is 4.90. The minimum atomic E-state index is 0.474. The van der Waals surface area contributed by atoms with Gasteiger partial charge in [-0.25, -0.2) is 4.98 Å². The second-order valence-corrected chi connectivity index (χ2v) is 3.96. The first-order chi connectivity index (χ1) is 6.78. The van der Waals surface area contributed by atoms with E-state index in [9.17, 15) is 0 Å². The lowest BCUT2D eigenvalue weighted by molar-refractivity contribution is 0.309. The molecule has 0 spiro atoms. The van der Waals surface area contributed by atoms with Crippen LogP contribution >= 0.6 is 0 Å². The van der Waals surface area contributed by atoms with Crippen LogP contribution in [0.2, 0.25) is 0 Å². The van der Waals surface area contributed by atoms with E-state index in [1.54, 1.807) is 12.3 Å². The Kier molecular flexibility index (Phi) is 2.36. The van der Waals surface area contributed by atoms with Gasteiger partial charge in [-0.2, -0.15) is 5.26 Å². The third-order valence-electron chi connectivity index (χ3n) is 2.62. The normalized spacial score (nSPS) is 24.9. The van der Waals surface area contributed by atoms with Crippen molar-refractivity contribution in [1.29, 1.82) is 5.26 Å². The Morgan fingerprint density at radius 1 is 1.57 bits per heavy atom. The highest BCUT2D eigenvalue weighted by molar-refractivity contribution is 5.47. The first kappa shape index (κ1) is 9.01. The summed E-state index contributed by atoms with van der Waals surface area (Å²) in [5.74, 6) is 0.838. The molecular weight excluding hydrogens is 174 g/mol. The minimum absolute atomic E-state index is 0.474. The average molecular weight is 187 g/mol. The lowest BCUT2D eigenvalue weighted by Crippen LogP contribution is -2.33. The molecule has 1 aromatic heterocycles. The van der Waals surface area contributed by atoms with Crippen molar-refractivity contribution in [3.05, 3.63) is 24.0 Å². The summed E-state index contributed by atoms with van der Waals surface area (Å²) in [4.78, 5) is 3.92. The summed E-state index contributed by atoms with van der Waals surface area (Å²) >= 11 is 0. The molecule has 0 aliphatic heterocycles. The maximum absolute atomic E-state index is 8.67. The molecule has 0 atom stereocenters. The number of nitriles is 1. The van der Waals surface area contributed by atoms with Crippen molar-refractivity contribution in [2.75, 3.05) is 5.32 Å². The number of pyridine rings is 1. The lowest BCUT2D eigenvalue weighted by atomic mass is 9.82. The molecule has 72 valence electrons.